The zero-order valence-corrected chi connectivity index (χ0v) is 10.1. The molecule has 0 atom stereocenters. The summed E-state index contributed by atoms with van der Waals surface area (Å²) in [7, 11) is 3.92. The smallest absolute Gasteiger partial charge is 0.185 e. The van der Waals surface area contributed by atoms with Crippen molar-refractivity contribution in [3.05, 3.63) is 10.6 Å². The van der Waals surface area contributed by atoms with Gasteiger partial charge in [-0.05, 0) is 20.8 Å². The molecule has 0 saturated carbocycles. The summed E-state index contributed by atoms with van der Waals surface area (Å²) in [6, 6.07) is 2.30. The first kappa shape index (κ1) is 11.0. The van der Waals surface area contributed by atoms with E-state index in [1.165, 1.54) is 0 Å². The Morgan fingerprint density at radius 2 is 2.00 bits per heavy atom. The van der Waals surface area contributed by atoms with Gasteiger partial charge in [0, 0.05) is 19.0 Å². The third-order valence-corrected chi connectivity index (χ3v) is 3.66. The van der Waals surface area contributed by atoms with Gasteiger partial charge in [-0.25, -0.2) is 4.98 Å². The Hall–Kier alpha value is -1.08. The average molecular weight is 209 g/mol. The minimum Gasteiger partial charge on any atom is -0.354 e. The van der Waals surface area contributed by atoms with Gasteiger partial charge in [-0.15, -0.1) is 11.3 Å². The molecule has 76 valence electrons. The lowest BCUT2D eigenvalue weighted by Crippen LogP contribution is -2.13. The Morgan fingerprint density at radius 1 is 1.43 bits per heavy atom. The van der Waals surface area contributed by atoms with Crippen molar-refractivity contribution < 1.29 is 0 Å². The zero-order valence-electron chi connectivity index (χ0n) is 9.25. The van der Waals surface area contributed by atoms with Crippen molar-refractivity contribution in [3.63, 3.8) is 0 Å². The zero-order chi connectivity index (χ0) is 10.9. The lowest BCUT2D eigenvalue weighted by atomic mass is 9.93. The molecule has 0 aliphatic carbocycles. The van der Waals surface area contributed by atoms with Crippen LogP contribution < -0.4 is 4.90 Å². The van der Waals surface area contributed by atoms with Gasteiger partial charge < -0.3 is 4.90 Å². The first-order valence-electron chi connectivity index (χ1n) is 4.45. The lowest BCUT2D eigenvalue weighted by Gasteiger charge is -2.12. The van der Waals surface area contributed by atoms with Crippen molar-refractivity contribution in [3.8, 4) is 6.07 Å². The molecule has 1 aromatic heterocycles. The summed E-state index contributed by atoms with van der Waals surface area (Å²) in [5.41, 5.74) is 0.529. The van der Waals surface area contributed by atoms with E-state index in [-0.39, 0.29) is 0 Å². The Labute approximate surface area is 89.0 Å². The average Bonchev–Trinajstić information content (AvgIpc) is 2.48. The summed E-state index contributed by atoms with van der Waals surface area (Å²) in [5, 5.41) is 9.99. The third kappa shape index (κ3) is 1.88. The maximum Gasteiger partial charge on any atom is 0.185 e. The first-order chi connectivity index (χ1) is 6.38. The van der Waals surface area contributed by atoms with E-state index in [1.54, 1.807) is 11.3 Å². The molecule has 14 heavy (non-hydrogen) atoms. The molecular formula is C10H15N3S. The number of anilines is 1. The molecule has 0 saturated heterocycles. The molecule has 0 bridgehead atoms. The number of hydrogen-bond donors (Lipinski definition) is 0. The molecule has 0 unspecified atom stereocenters. The van der Waals surface area contributed by atoms with Gasteiger partial charge in [-0.1, -0.05) is 0 Å². The van der Waals surface area contributed by atoms with Crippen LogP contribution in [-0.2, 0) is 5.41 Å². The van der Waals surface area contributed by atoms with E-state index >= 15 is 0 Å². The first-order valence-corrected chi connectivity index (χ1v) is 5.26. The molecule has 0 aromatic carbocycles. The summed E-state index contributed by atoms with van der Waals surface area (Å²) in [6.45, 7) is 5.80. The second kappa shape index (κ2) is 3.58. The fourth-order valence-corrected chi connectivity index (χ4v) is 2.25. The number of aryl methyl sites for hydroxylation is 1. The largest absolute Gasteiger partial charge is 0.354 e. The van der Waals surface area contributed by atoms with Crippen molar-refractivity contribution >= 4 is 16.5 Å². The van der Waals surface area contributed by atoms with E-state index in [4.69, 9.17) is 5.26 Å². The fourth-order valence-electron chi connectivity index (χ4n) is 1.20. The summed E-state index contributed by atoms with van der Waals surface area (Å²) in [5.74, 6) is 0. The van der Waals surface area contributed by atoms with Crippen LogP contribution in [0.2, 0.25) is 0 Å². The van der Waals surface area contributed by atoms with Crippen LogP contribution in [0.15, 0.2) is 0 Å². The summed E-state index contributed by atoms with van der Waals surface area (Å²) < 4.78 is 0. The van der Waals surface area contributed by atoms with E-state index in [0.717, 1.165) is 15.7 Å². The monoisotopic (exact) mass is 209 g/mol. The highest BCUT2D eigenvalue weighted by Gasteiger charge is 2.26. The second-order valence-corrected chi connectivity index (χ2v) is 5.02. The number of nitrogens with zero attached hydrogens (tertiary/aromatic N) is 3. The van der Waals surface area contributed by atoms with Gasteiger partial charge in [0.25, 0.3) is 0 Å². The summed E-state index contributed by atoms with van der Waals surface area (Å²) in [4.78, 5) is 7.44. The molecule has 1 aromatic rings. The molecule has 0 spiro atoms. The van der Waals surface area contributed by atoms with Crippen LogP contribution >= 0.6 is 11.3 Å². The highest BCUT2D eigenvalue weighted by Crippen LogP contribution is 2.34. The molecule has 3 nitrogen and oxygen atoms in total. The molecule has 1 rings (SSSR count). The number of rotatable bonds is 2. The Morgan fingerprint density at radius 3 is 2.36 bits per heavy atom. The Bertz CT molecular complexity index is 371. The molecule has 0 aliphatic rings. The maximum absolute atomic E-state index is 9.04. The van der Waals surface area contributed by atoms with Gasteiger partial charge in [0.15, 0.2) is 5.13 Å². The molecule has 0 N–H and O–H groups in total. The van der Waals surface area contributed by atoms with E-state index in [2.05, 4.69) is 11.1 Å². The maximum atomic E-state index is 9.04. The van der Waals surface area contributed by atoms with Gasteiger partial charge in [0.1, 0.15) is 0 Å². The van der Waals surface area contributed by atoms with Crippen LogP contribution in [0.3, 0.4) is 0 Å². The topological polar surface area (TPSA) is 39.9 Å². The van der Waals surface area contributed by atoms with E-state index < -0.39 is 5.41 Å². The van der Waals surface area contributed by atoms with Crippen LogP contribution in [0, 0.1) is 18.3 Å². The molecule has 0 fully saturated rings. The van der Waals surface area contributed by atoms with Gasteiger partial charge in [0.05, 0.1) is 17.2 Å². The van der Waals surface area contributed by atoms with Gasteiger partial charge in [-0.3, -0.25) is 0 Å². The predicted octanol–water partition coefficient (Wildman–Crippen LogP) is 2.32. The van der Waals surface area contributed by atoms with Gasteiger partial charge in [-0.2, -0.15) is 5.26 Å². The van der Waals surface area contributed by atoms with Gasteiger partial charge >= 0.3 is 0 Å². The van der Waals surface area contributed by atoms with Crippen molar-refractivity contribution in [2.24, 2.45) is 0 Å². The van der Waals surface area contributed by atoms with Crippen molar-refractivity contribution in [2.75, 3.05) is 19.0 Å². The molecular weight excluding hydrogens is 194 g/mol. The SMILES string of the molecule is Cc1nc(N(C)C)sc1C(C)(C)C#N. The summed E-state index contributed by atoms with van der Waals surface area (Å²) in [6.07, 6.45) is 0. The molecule has 0 radical (unpaired) electrons. The number of nitriles is 1. The second-order valence-electron chi connectivity index (χ2n) is 4.04. The van der Waals surface area contributed by atoms with Crippen LogP contribution in [0.5, 0.6) is 0 Å². The number of hydrogen-bond acceptors (Lipinski definition) is 4. The Kier molecular flexibility index (Phi) is 2.81. The van der Waals surface area contributed by atoms with E-state index in [9.17, 15) is 0 Å². The molecule has 0 aliphatic heterocycles. The van der Waals surface area contributed by atoms with E-state index in [0.29, 0.717) is 0 Å². The summed E-state index contributed by atoms with van der Waals surface area (Å²) >= 11 is 1.59. The van der Waals surface area contributed by atoms with Crippen molar-refractivity contribution in [2.45, 2.75) is 26.2 Å². The van der Waals surface area contributed by atoms with Gasteiger partial charge in [0.2, 0.25) is 0 Å². The standard InChI is InChI=1S/C10H15N3S/c1-7-8(10(2,3)6-11)14-9(12-7)13(4)5/h1-5H3. The predicted molar refractivity (Wildman–Crippen MR) is 59.8 cm³/mol. The van der Waals surface area contributed by atoms with E-state index in [1.807, 2.05) is 39.8 Å². The van der Waals surface area contributed by atoms with Crippen LogP contribution in [0.4, 0.5) is 5.13 Å². The highest BCUT2D eigenvalue weighted by atomic mass is 32.1. The van der Waals surface area contributed by atoms with Crippen LogP contribution in [0.25, 0.3) is 0 Å². The van der Waals surface area contributed by atoms with Crippen LogP contribution in [-0.4, -0.2) is 19.1 Å². The van der Waals surface area contributed by atoms with Crippen molar-refractivity contribution in [1.29, 1.82) is 5.26 Å². The number of aromatic nitrogens is 1. The van der Waals surface area contributed by atoms with Crippen LogP contribution in [0.1, 0.15) is 24.4 Å². The normalized spacial score (nSPS) is 11.1. The quantitative estimate of drug-likeness (QED) is 0.750. The molecule has 4 heteroatoms. The molecule has 0 amide bonds. The minimum atomic E-state index is -0.435. The highest BCUT2D eigenvalue weighted by molar-refractivity contribution is 7.15. The third-order valence-electron chi connectivity index (χ3n) is 2.02. The number of thiazole rings is 1. The fraction of sp³-hybridized carbons (Fsp3) is 0.600. The Balaban J connectivity index is 3.19. The van der Waals surface area contributed by atoms with Crippen molar-refractivity contribution in [1.82, 2.24) is 4.98 Å². The minimum absolute atomic E-state index is 0.435. The molecule has 1 heterocycles. The lowest BCUT2D eigenvalue weighted by molar-refractivity contribution is 0.695.